The van der Waals surface area contributed by atoms with Gasteiger partial charge >= 0.3 is 5.97 Å². The number of nitrogens with one attached hydrogen (secondary N) is 1. The van der Waals surface area contributed by atoms with Gasteiger partial charge in [0.2, 0.25) is 0 Å². The number of anilines is 1. The summed E-state index contributed by atoms with van der Waals surface area (Å²) in [5, 5.41) is 22.9. The van der Waals surface area contributed by atoms with Crippen molar-refractivity contribution in [1.29, 1.82) is 0 Å². The molecule has 0 heterocycles. The monoisotopic (exact) mass is 272 g/mol. The van der Waals surface area contributed by atoms with Gasteiger partial charge in [-0.25, -0.2) is 4.79 Å². The van der Waals surface area contributed by atoms with Crippen LogP contribution in [0.1, 0.15) is 15.9 Å². The van der Waals surface area contributed by atoms with Crippen LogP contribution in [-0.4, -0.2) is 16.0 Å². The van der Waals surface area contributed by atoms with Gasteiger partial charge in [-0.05, 0) is 12.1 Å². The number of nitrogens with zero attached hydrogens (tertiary/aromatic N) is 1. The topological polar surface area (TPSA) is 92.5 Å². The maximum atomic E-state index is 11.1. The van der Waals surface area contributed by atoms with Gasteiger partial charge in [-0.1, -0.05) is 30.3 Å². The first-order valence-corrected chi connectivity index (χ1v) is 5.88. The third-order valence-corrected chi connectivity index (χ3v) is 2.82. The van der Waals surface area contributed by atoms with Crippen LogP contribution < -0.4 is 5.32 Å². The molecule has 0 atom stereocenters. The van der Waals surface area contributed by atoms with Gasteiger partial charge in [0.1, 0.15) is 0 Å². The van der Waals surface area contributed by atoms with Gasteiger partial charge in [0.05, 0.1) is 10.5 Å². The molecule has 0 amide bonds. The lowest BCUT2D eigenvalue weighted by atomic mass is 10.1. The number of nitro groups is 1. The molecule has 20 heavy (non-hydrogen) atoms. The van der Waals surface area contributed by atoms with E-state index in [1.807, 2.05) is 0 Å². The first kappa shape index (κ1) is 13.5. The summed E-state index contributed by atoms with van der Waals surface area (Å²) in [6, 6.07) is 12.8. The Morgan fingerprint density at radius 3 is 2.50 bits per heavy atom. The van der Waals surface area contributed by atoms with Crippen LogP contribution in [0.25, 0.3) is 0 Å². The molecule has 0 bridgehead atoms. The lowest BCUT2D eigenvalue weighted by Crippen LogP contribution is -2.07. The van der Waals surface area contributed by atoms with E-state index in [9.17, 15) is 14.9 Å². The molecule has 0 unspecified atom stereocenters. The normalized spacial score (nSPS) is 10.0. The maximum Gasteiger partial charge on any atom is 0.337 e. The fourth-order valence-electron chi connectivity index (χ4n) is 1.85. The minimum absolute atomic E-state index is 0.00723. The molecule has 2 N–H and O–H groups in total. The number of aromatic carboxylic acids is 1. The Hall–Kier alpha value is -2.89. The smallest absolute Gasteiger partial charge is 0.337 e. The minimum Gasteiger partial charge on any atom is -0.478 e. The summed E-state index contributed by atoms with van der Waals surface area (Å²) in [7, 11) is 0. The zero-order valence-corrected chi connectivity index (χ0v) is 10.4. The molecule has 0 aliphatic rings. The lowest BCUT2D eigenvalue weighted by molar-refractivity contribution is -0.385. The molecule has 0 spiro atoms. The SMILES string of the molecule is O=C(O)c1ccccc1NCc1ccccc1[N+](=O)[O-]. The van der Waals surface area contributed by atoms with Gasteiger partial charge in [-0.3, -0.25) is 10.1 Å². The highest BCUT2D eigenvalue weighted by Crippen LogP contribution is 2.21. The standard InChI is InChI=1S/C14H12N2O4/c17-14(18)11-6-2-3-7-12(11)15-9-10-5-1-4-8-13(10)16(19)20/h1-8,15H,9H2,(H,17,18). The van der Waals surface area contributed by atoms with Gasteiger partial charge in [0.15, 0.2) is 0 Å². The van der Waals surface area contributed by atoms with E-state index in [0.717, 1.165) is 0 Å². The third-order valence-electron chi connectivity index (χ3n) is 2.82. The van der Waals surface area contributed by atoms with E-state index in [0.29, 0.717) is 11.3 Å². The average molecular weight is 272 g/mol. The van der Waals surface area contributed by atoms with E-state index in [1.165, 1.54) is 12.1 Å². The number of benzene rings is 2. The van der Waals surface area contributed by atoms with E-state index >= 15 is 0 Å². The van der Waals surface area contributed by atoms with Crippen LogP contribution >= 0.6 is 0 Å². The van der Waals surface area contributed by atoms with Crippen LogP contribution in [0.15, 0.2) is 48.5 Å². The Balaban J connectivity index is 2.22. The number of nitro benzene ring substituents is 1. The summed E-state index contributed by atoms with van der Waals surface area (Å²) in [5.74, 6) is -1.05. The second kappa shape index (κ2) is 5.83. The number of carbonyl (C=O) groups is 1. The Labute approximate surface area is 114 Å². The largest absolute Gasteiger partial charge is 0.478 e. The highest BCUT2D eigenvalue weighted by atomic mass is 16.6. The predicted octanol–water partition coefficient (Wildman–Crippen LogP) is 2.91. The highest BCUT2D eigenvalue weighted by Gasteiger charge is 2.13. The summed E-state index contributed by atoms with van der Waals surface area (Å²) >= 11 is 0. The minimum atomic E-state index is -1.05. The quantitative estimate of drug-likeness (QED) is 0.644. The van der Waals surface area contributed by atoms with Gasteiger partial charge in [0.25, 0.3) is 5.69 Å². The Bertz CT molecular complexity index is 598. The van der Waals surface area contributed by atoms with Crippen LogP contribution in [-0.2, 0) is 6.54 Å². The van der Waals surface area contributed by atoms with Crippen LogP contribution in [0, 0.1) is 10.1 Å². The van der Waals surface area contributed by atoms with E-state index in [-0.39, 0.29) is 17.8 Å². The molecule has 6 heteroatoms. The molecule has 0 saturated heterocycles. The molecule has 0 aliphatic heterocycles. The fraction of sp³-hybridized carbons (Fsp3) is 0.0714. The lowest BCUT2D eigenvalue weighted by Gasteiger charge is -2.09. The second-order valence-corrected chi connectivity index (χ2v) is 4.09. The van der Waals surface area contributed by atoms with Crippen molar-refractivity contribution in [1.82, 2.24) is 0 Å². The van der Waals surface area contributed by atoms with Gasteiger partial charge in [-0.15, -0.1) is 0 Å². The van der Waals surface area contributed by atoms with E-state index in [1.54, 1.807) is 36.4 Å². The number of para-hydroxylation sites is 2. The van der Waals surface area contributed by atoms with Crippen LogP contribution in [0.4, 0.5) is 11.4 Å². The molecular formula is C14H12N2O4. The van der Waals surface area contributed by atoms with Crippen molar-refractivity contribution in [2.24, 2.45) is 0 Å². The van der Waals surface area contributed by atoms with Crippen molar-refractivity contribution in [3.05, 3.63) is 69.8 Å². The second-order valence-electron chi connectivity index (χ2n) is 4.09. The molecule has 2 aromatic rings. The number of hydrogen-bond acceptors (Lipinski definition) is 4. The number of hydrogen-bond donors (Lipinski definition) is 2. The molecule has 0 saturated carbocycles. The van der Waals surface area contributed by atoms with Crippen LogP contribution in [0.2, 0.25) is 0 Å². The van der Waals surface area contributed by atoms with Crippen molar-refractivity contribution < 1.29 is 14.8 Å². The van der Waals surface area contributed by atoms with Crippen molar-refractivity contribution in [3.63, 3.8) is 0 Å². The Morgan fingerprint density at radius 1 is 1.15 bits per heavy atom. The van der Waals surface area contributed by atoms with Gasteiger partial charge < -0.3 is 10.4 Å². The molecule has 6 nitrogen and oxygen atoms in total. The predicted molar refractivity (Wildman–Crippen MR) is 73.8 cm³/mol. The summed E-state index contributed by atoms with van der Waals surface area (Å²) in [5.41, 5.74) is 1.06. The molecular weight excluding hydrogens is 260 g/mol. The molecule has 102 valence electrons. The summed E-state index contributed by atoms with van der Waals surface area (Å²) in [4.78, 5) is 21.5. The zero-order chi connectivity index (χ0) is 14.5. The first-order chi connectivity index (χ1) is 9.59. The van der Waals surface area contributed by atoms with Crippen molar-refractivity contribution >= 4 is 17.3 Å². The Kier molecular flexibility index (Phi) is 3.95. The summed E-state index contributed by atoms with van der Waals surface area (Å²) in [6.07, 6.45) is 0. The van der Waals surface area contributed by atoms with Crippen molar-refractivity contribution in [3.8, 4) is 0 Å². The number of carboxylic acid groups (broad SMARTS) is 1. The number of carboxylic acids is 1. The summed E-state index contributed by atoms with van der Waals surface area (Å²) in [6.45, 7) is 0.182. The summed E-state index contributed by atoms with van der Waals surface area (Å²) < 4.78 is 0. The fourth-order valence-corrected chi connectivity index (χ4v) is 1.85. The highest BCUT2D eigenvalue weighted by molar-refractivity contribution is 5.94. The molecule has 2 rings (SSSR count). The van der Waals surface area contributed by atoms with E-state index < -0.39 is 10.9 Å². The van der Waals surface area contributed by atoms with Crippen LogP contribution in [0.3, 0.4) is 0 Å². The van der Waals surface area contributed by atoms with Crippen LogP contribution in [0.5, 0.6) is 0 Å². The van der Waals surface area contributed by atoms with E-state index in [4.69, 9.17) is 5.11 Å². The first-order valence-electron chi connectivity index (χ1n) is 5.88. The maximum absolute atomic E-state index is 11.1. The number of rotatable bonds is 5. The average Bonchev–Trinajstić information content (AvgIpc) is 2.45. The van der Waals surface area contributed by atoms with Crippen molar-refractivity contribution in [2.75, 3.05) is 5.32 Å². The zero-order valence-electron chi connectivity index (χ0n) is 10.4. The van der Waals surface area contributed by atoms with Gasteiger partial charge in [-0.2, -0.15) is 0 Å². The van der Waals surface area contributed by atoms with E-state index in [2.05, 4.69) is 5.32 Å². The molecule has 0 aliphatic carbocycles. The molecule has 0 radical (unpaired) electrons. The molecule has 2 aromatic carbocycles. The molecule has 0 fully saturated rings. The van der Waals surface area contributed by atoms with Gasteiger partial charge in [0, 0.05) is 23.9 Å². The Morgan fingerprint density at radius 2 is 1.80 bits per heavy atom. The van der Waals surface area contributed by atoms with Crippen molar-refractivity contribution in [2.45, 2.75) is 6.54 Å². The third kappa shape index (κ3) is 2.92. The molecule has 0 aromatic heterocycles.